The molecule has 0 radical (unpaired) electrons. The molecule has 0 aliphatic rings. The van der Waals surface area contributed by atoms with Gasteiger partial charge in [-0.15, -0.1) is 0 Å². The predicted molar refractivity (Wildman–Crippen MR) is 80.6 cm³/mol. The fraction of sp³-hybridized carbons (Fsp3) is 0.438. The number of aryl methyl sites for hydroxylation is 1. The highest BCUT2D eigenvalue weighted by Crippen LogP contribution is 2.22. The van der Waals surface area contributed by atoms with Crippen molar-refractivity contribution in [3.63, 3.8) is 0 Å². The van der Waals surface area contributed by atoms with Gasteiger partial charge in [-0.2, -0.15) is 0 Å². The maximum absolute atomic E-state index is 10.5. The van der Waals surface area contributed by atoms with Crippen molar-refractivity contribution in [3.8, 4) is 0 Å². The topological polar surface area (TPSA) is 40.5 Å². The molecule has 0 saturated heterocycles. The fourth-order valence-electron chi connectivity index (χ4n) is 2.14. The zero-order chi connectivity index (χ0) is 14.4. The monoisotopic (exact) mass is 261 g/mol. The van der Waals surface area contributed by atoms with Crippen molar-refractivity contribution in [2.75, 3.05) is 18.0 Å². The minimum absolute atomic E-state index is 0.617. The van der Waals surface area contributed by atoms with Gasteiger partial charge in [-0.25, -0.2) is 4.79 Å². The smallest absolute Gasteiger partial charge is 0.328 e. The second-order valence-electron chi connectivity index (χ2n) is 5.15. The second-order valence-corrected chi connectivity index (χ2v) is 5.15. The van der Waals surface area contributed by atoms with E-state index >= 15 is 0 Å². The van der Waals surface area contributed by atoms with E-state index in [9.17, 15) is 4.79 Å². The van der Waals surface area contributed by atoms with E-state index in [1.54, 1.807) is 6.08 Å². The standard InChI is InChI=1S/C16H23NO2/c1-5-17(11-12(2)3)15-8-6-14(10-13(15)4)7-9-16(18)19/h6-10,12H,5,11H2,1-4H3,(H,18,19). The van der Waals surface area contributed by atoms with Crippen LogP contribution in [0.25, 0.3) is 6.08 Å². The van der Waals surface area contributed by atoms with E-state index < -0.39 is 5.97 Å². The third-order valence-electron chi connectivity index (χ3n) is 2.95. The molecular formula is C16H23NO2. The molecule has 0 aliphatic carbocycles. The Bertz CT molecular complexity index is 464. The molecule has 0 bridgehead atoms. The van der Waals surface area contributed by atoms with Crippen molar-refractivity contribution in [2.45, 2.75) is 27.7 Å². The Balaban J connectivity index is 2.95. The van der Waals surface area contributed by atoms with Gasteiger partial charge in [0.15, 0.2) is 0 Å². The molecule has 1 aromatic carbocycles. The number of anilines is 1. The highest BCUT2D eigenvalue weighted by molar-refractivity contribution is 5.85. The second kappa shape index (κ2) is 6.98. The molecule has 0 fully saturated rings. The van der Waals surface area contributed by atoms with Crippen LogP contribution in [0.15, 0.2) is 24.3 Å². The van der Waals surface area contributed by atoms with Crippen LogP contribution in [0.4, 0.5) is 5.69 Å². The lowest BCUT2D eigenvalue weighted by molar-refractivity contribution is -0.131. The van der Waals surface area contributed by atoms with Crippen LogP contribution >= 0.6 is 0 Å². The molecule has 1 aromatic rings. The summed E-state index contributed by atoms with van der Waals surface area (Å²) in [5.41, 5.74) is 3.32. The van der Waals surface area contributed by atoms with Crippen LogP contribution in [0.5, 0.6) is 0 Å². The lowest BCUT2D eigenvalue weighted by atomic mass is 10.1. The van der Waals surface area contributed by atoms with Crippen LogP contribution in [0.1, 0.15) is 31.9 Å². The quantitative estimate of drug-likeness (QED) is 0.796. The summed E-state index contributed by atoms with van der Waals surface area (Å²) in [6.07, 6.45) is 2.79. The molecule has 1 rings (SSSR count). The minimum atomic E-state index is -0.920. The maximum Gasteiger partial charge on any atom is 0.328 e. The number of carboxylic acids is 1. The van der Waals surface area contributed by atoms with Crippen molar-refractivity contribution < 1.29 is 9.90 Å². The summed E-state index contributed by atoms with van der Waals surface area (Å²) in [5, 5.41) is 8.63. The molecular weight excluding hydrogens is 238 g/mol. The Morgan fingerprint density at radius 2 is 2.11 bits per heavy atom. The van der Waals surface area contributed by atoms with E-state index in [-0.39, 0.29) is 0 Å². The molecule has 1 N–H and O–H groups in total. The number of benzene rings is 1. The van der Waals surface area contributed by atoms with E-state index in [0.717, 1.165) is 18.7 Å². The predicted octanol–water partition coefficient (Wildman–Crippen LogP) is 3.58. The molecule has 0 aromatic heterocycles. The molecule has 0 heterocycles. The Labute approximate surface area is 115 Å². The normalized spacial score (nSPS) is 11.2. The molecule has 19 heavy (non-hydrogen) atoms. The lowest BCUT2D eigenvalue weighted by Gasteiger charge is -2.27. The summed E-state index contributed by atoms with van der Waals surface area (Å²) in [5.74, 6) is -0.303. The minimum Gasteiger partial charge on any atom is -0.478 e. The molecule has 0 saturated carbocycles. The Morgan fingerprint density at radius 3 is 2.58 bits per heavy atom. The lowest BCUT2D eigenvalue weighted by Crippen LogP contribution is -2.27. The number of carboxylic acid groups (broad SMARTS) is 1. The number of nitrogens with zero attached hydrogens (tertiary/aromatic N) is 1. The van der Waals surface area contributed by atoms with E-state index in [2.05, 4.69) is 38.7 Å². The van der Waals surface area contributed by atoms with Crippen LogP contribution in [-0.2, 0) is 4.79 Å². The van der Waals surface area contributed by atoms with Gasteiger partial charge in [0.2, 0.25) is 0 Å². The number of hydrogen-bond donors (Lipinski definition) is 1. The van der Waals surface area contributed by atoms with Crippen LogP contribution in [0.3, 0.4) is 0 Å². The van der Waals surface area contributed by atoms with Crippen molar-refractivity contribution in [1.82, 2.24) is 0 Å². The van der Waals surface area contributed by atoms with Crippen LogP contribution in [-0.4, -0.2) is 24.2 Å². The molecule has 3 nitrogen and oxygen atoms in total. The first-order valence-corrected chi connectivity index (χ1v) is 6.70. The Morgan fingerprint density at radius 1 is 1.42 bits per heavy atom. The van der Waals surface area contributed by atoms with E-state index in [1.165, 1.54) is 17.3 Å². The average molecular weight is 261 g/mol. The zero-order valence-electron chi connectivity index (χ0n) is 12.2. The number of carbonyl (C=O) groups is 1. The zero-order valence-corrected chi connectivity index (χ0v) is 12.2. The van der Waals surface area contributed by atoms with Crippen molar-refractivity contribution >= 4 is 17.7 Å². The van der Waals surface area contributed by atoms with Gasteiger partial charge in [0.05, 0.1) is 0 Å². The summed E-state index contributed by atoms with van der Waals surface area (Å²) in [4.78, 5) is 12.9. The molecule has 104 valence electrons. The molecule has 0 spiro atoms. The van der Waals surface area contributed by atoms with Crippen molar-refractivity contribution in [3.05, 3.63) is 35.4 Å². The van der Waals surface area contributed by atoms with Gasteiger partial charge in [-0.3, -0.25) is 0 Å². The SMILES string of the molecule is CCN(CC(C)C)c1ccc(C=CC(=O)O)cc1C. The maximum atomic E-state index is 10.5. The number of rotatable bonds is 6. The summed E-state index contributed by atoms with van der Waals surface area (Å²) in [6, 6.07) is 6.06. The molecule has 0 atom stereocenters. The number of hydrogen-bond acceptors (Lipinski definition) is 2. The fourth-order valence-corrected chi connectivity index (χ4v) is 2.14. The van der Waals surface area contributed by atoms with Gasteiger partial charge in [-0.05, 0) is 49.1 Å². The summed E-state index contributed by atoms with van der Waals surface area (Å²) >= 11 is 0. The summed E-state index contributed by atoms with van der Waals surface area (Å²) < 4.78 is 0. The summed E-state index contributed by atoms with van der Waals surface area (Å²) in [7, 11) is 0. The molecule has 3 heteroatoms. The third-order valence-corrected chi connectivity index (χ3v) is 2.95. The van der Waals surface area contributed by atoms with Crippen LogP contribution < -0.4 is 4.90 Å². The van der Waals surface area contributed by atoms with E-state index in [4.69, 9.17) is 5.11 Å². The van der Waals surface area contributed by atoms with Gasteiger partial charge in [-0.1, -0.05) is 19.9 Å². The summed E-state index contributed by atoms with van der Waals surface area (Å²) in [6.45, 7) is 10.6. The third kappa shape index (κ3) is 4.78. The first-order valence-electron chi connectivity index (χ1n) is 6.70. The largest absolute Gasteiger partial charge is 0.478 e. The van der Waals surface area contributed by atoms with Gasteiger partial charge in [0, 0.05) is 24.9 Å². The highest BCUT2D eigenvalue weighted by Gasteiger charge is 2.09. The Kier molecular flexibility index (Phi) is 5.61. The van der Waals surface area contributed by atoms with Crippen molar-refractivity contribution in [2.24, 2.45) is 5.92 Å². The van der Waals surface area contributed by atoms with E-state index in [0.29, 0.717) is 5.92 Å². The average Bonchev–Trinajstić information content (AvgIpc) is 2.33. The Hall–Kier alpha value is -1.77. The first-order chi connectivity index (χ1) is 8.93. The van der Waals surface area contributed by atoms with E-state index in [1.807, 2.05) is 12.1 Å². The number of aliphatic carboxylic acids is 1. The molecule has 0 unspecified atom stereocenters. The first kappa shape index (κ1) is 15.3. The highest BCUT2D eigenvalue weighted by atomic mass is 16.4. The van der Waals surface area contributed by atoms with Gasteiger partial charge >= 0.3 is 5.97 Å². The molecule has 0 aliphatic heterocycles. The van der Waals surface area contributed by atoms with Gasteiger partial charge < -0.3 is 10.0 Å². The van der Waals surface area contributed by atoms with Gasteiger partial charge in [0.25, 0.3) is 0 Å². The van der Waals surface area contributed by atoms with Gasteiger partial charge in [0.1, 0.15) is 0 Å². The van der Waals surface area contributed by atoms with Crippen LogP contribution in [0.2, 0.25) is 0 Å². The van der Waals surface area contributed by atoms with Crippen LogP contribution in [0, 0.1) is 12.8 Å². The molecule has 0 amide bonds. The van der Waals surface area contributed by atoms with Crippen molar-refractivity contribution in [1.29, 1.82) is 0 Å².